The standard InChI is InChI=1S/C6H14NO3S/c1-2-3-4-5-6-7-11(8,9)10/h7H,2-6H2,1H3. The van der Waals surface area contributed by atoms with Gasteiger partial charge >= 0.3 is 10.3 Å². The molecule has 0 aromatic heterocycles. The molecule has 0 amide bonds. The molecule has 0 aliphatic heterocycles. The molecule has 0 saturated heterocycles. The van der Waals surface area contributed by atoms with E-state index in [4.69, 9.17) is 0 Å². The van der Waals surface area contributed by atoms with Crippen molar-refractivity contribution in [3.8, 4) is 0 Å². The highest BCUT2D eigenvalue weighted by atomic mass is 32.2. The molecule has 0 heterocycles. The molecule has 0 aromatic rings. The van der Waals surface area contributed by atoms with Gasteiger partial charge in [0, 0.05) is 6.54 Å². The molecule has 5 heteroatoms. The van der Waals surface area contributed by atoms with Gasteiger partial charge in [0.15, 0.2) is 0 Å². The van der Waals surface area contributed by atoms with Crippen molar-refractivity contribution in [3.63, 3.8) is 0 Å². The van der Waals surface area contributed by atoms with E-state index >= 15 is 0 Å². The molecule has 0 aliphatic carbocycles. The van der Waals surface area contributed by atoms with Crippen molar-refractivity contribution in [2.45, 2.75) is 32.6 Å². The Balaban J connectivity index is 3.16. The summed E-state index contributed by atoms with van der Waals surface area (Å²) in [5.41, 5.74) is 0. The fourth-order valence-corrected chi connectivity index (χ4v) is 1.14. The van der Waals surface area contributed by atoms with Crippen LogP contribution in [0.3, 0.4) is 0 Å². The summed E-state index contributed by atoms with van der Waals surface area (Å²) in [5.74, 6) is 0. The van der Waals surface area contributed by atoms with Crippen molar-refractivity contribution in [2.75, 3.05) is 6.54 Å². The van der Waals surface area contributed by atoms with Crippen LogP contribution in [-0.2, 0) is 14.9 Å². The average molecular weight is 180 g/mol. The van der Waals surface area contributed by atoms with Crippen LogP contribution < -0.4 is 4.72 Å². The molecule has 4 nitrogen and oxygen atoms in total. The van der Waals surface area contributed by atoms with Crippen LogP contribution in [0.2, 0.25) is 0 Å². The van der Waals surface area contributed by atoms with Gasteiger partial charge < -0.3 is 0 Å². The first-order chi connectivity index (χ1) is 5.06. The van der Waals surface area contributed by atoms with E-state index in [0.29, 0.717) is 0 Å². The topological polar surface area (TPSA) is 66.1 Å². The maximum absolute atomic E-state index is 10.00. The molecule has 0 saturated carbocycles. The summed E-state index contributed by atoms with van der Waals surface area (Å²) >= 11 is 0. The van der Waals surface area contributed by atoms with Crippen LogP contribution in [0, 0.1) is 0 Å². The quantitative estimate of drug-likeness (QED) is 0.615. The van der Waals surface area contributed by atoms with Gasteiger partial charge in [-0.3, -0.25) is 0 Å². The SMILES string of the molecule is CCCCCCNS([O])(=O)=O. The molecule has 0 aliphatic rings. The Labute approximate surface area is 67.9 Å². The summed E-state index contributed by atoms with van der Waals surface area (Å²) in [4.78, 5) is 0. The monoisotopic (exact) mass is 180 g/mol. The largest absolute Gasteiger partial charge is 0.363 e. The van der Waals surface area contributed by atoms with E-state index in [1.807, 2.05) is 4.72 Å². The smallest absolute Gasteiger partial charge is 0.190 e. The molecule has 67 valence electrons. The van der Waals surface area contributed by atoms with Gasteiger partial charge in [-0.1, -0.05) is 30.7 Å². The Hall–Kier alpha value is -0.130. The zero-order chi connectivity index (χ0) is 8.74. The van der Waals surface area contributed by atoms with Crippen LogP contribution in [-0.4, -0.2) is 15.0 Å². The number of unbranched alkanes of at least 4 members (excludes halogenated alkanes) is 3. The van der Waals surface area contributed by atoms with Gasteiger partial charge in [0.05, 0.1) is 0 Å². The Morgan fingerprint density at radius 2 is 1.82 bits per heavy atom. The van der Waals surface area contributed by atoms with Crippen molar-refractivity contribution in [2.24, 2.45) is 0 Å². The molecule has 11 heavy (non-hydrogen) atoms. The lowest BCUT2D eigenvalue weighted by atomic mass is 10.2. The third-order valence-electron chi connectivity index (χ3n) is 1.31. The van der Waals surface area contributed by atoms with E-state index in [-0.39, 0.29) is 6.54 Å². The molecule has 0 fully saturated rings. The van der Waals surface area contributed by atoms with E-state index in [0.717, 1.165) is 25.7 Å². The lowest BCUT2D eigenvalue weighted by Gasteiger charge is -1.97. The van der Waals surface area contributed by atoms with Gasteiger partial charge in [-0.25, -0.2) is 0 Å². The van der Waals surface area contributed by atoms with Crippen LogP contribution in [0.5, 0.6) is 0 Å². The van der Waals surface area contributed by atoms with Crippen molar-refractivity contribution < 1.29 is 13.0 Å². The van der Waals surface area contributed by atoms with E-state index in [1.54, 1.807) is 0 Å². The average Bonchev–Trinajstić information content (AvgIpc) is 1.85. The van der Waals surface area contributed by atoms with E-state index in [1.165, 1.54) is 0 Å². The van der Waals surface area contributed by atoms with Gasteiger partial charge in [-0.2, -0.15) is 13.1 Å². The first kappa shape index (κ1) is 10.9. The summed E-state index contributed by atoms with van der Waals surface area (Å²) in [6, 6.07) is 0. The minimum atomic E-state index is -4.21. The highest BCUT2D eigenvalue weighted by Crippen LogP contribution is 1.97. The van der Waals surface area contributed by atoms with Gasteiger partial charge in [-0.15, -0.1) is 0 Å². The van der Waals surface area contributed by atoms with Crippen LogP contribution in [0.25, 0.3) is 0 Å². The third-order valence-corrected chi connectivity index (χ3v) is 1.87. The molecular formula is C6H14NO3S. The highest BCUT2D eigenvalue weighted by Gasteiger charge is 2.02. The second-order valence-corrected chi connectivity index (χ2v) is 3.61. The van der Waals surface area contributed by atoms with E-state index < -0.39 is 10.3 Å². The summed E-state index contributed by atoms with van der Waals surface area (Å²) in [7, 11) is -4.21. The molecule has 0 bridgehead atoms. The molecule has 1 radical (unpaired) electrons. The number of rotatable bonds is 6. The van der Waals surface area contributed by atoms with E-state index in [9.17, 15) is 13.0 Å². The minimum absolute atomic E-state index is 0.270. The molecule has 0 rings (SSSR count). The maximum Gasteiger partial charge on any atom is 0.363 e. The van der Waals surface area contributed by atoms with Gasteiger partial charge in [0.2, 0.25) is 0 Å². The highest BCUT2D eigenvalue weighted by molar-refractivity contribution is 7.83. The summed E-state index contributed by atoms with van der Waals surface area (Å²) in [6.07, 6.45) is 3.90. The third kappa shape index (κ3) is 9.87. The van der Waals surface area contributed by atoms with Crippen LogP contribution >= 0.6 is 0 Å². The minimum Gasteiger partial charge on any atom is -0.190 e. The summed E-state index contributed by atoms with van der Waals surface area (Å²) < 4.78 is 31.9. The molecule has 0 spiro atoms. The van der Waals surface area contributed by atoms with Crippen molar-refractivity contribution in [1.29, 1.82) is 0 Å². The summed E-state index contributed by atoms with van der Waals surface area (Å²) in [6.45, 7) is 2.34. The first-order valence-corrected chi connectivity index (χ1v) is 5.17. The van der Waals surface area contributed by atoms with E-state index in [2.05, 4.69) is 6.92 Å². The normalized spacial score (nSPS) is 11.8. The molecule has 0 aromatic carbocycles. The van der Waals surface area contributed by atoms with Crippen LogP contribution in [0.1, 0.15) is 32.6 Å². The number of nitrogens with one attached hydrogen (secondary N) is 1. The molecule has 1 N–H and O–H groups in total. The van der Waals surface area contributed by atoms with Crippen LogP contribution in [0.15, 0.2) is 0 Å². The molecule has 0 unspecified atom stereocenters. The first-order valence-electron chi connectivity index (χ1n) is 3.76. The Morgan fingerprint density at radius 3 is 2.27 bits per heavy atom. The number of hydrogen-bond donors (Lipinski definition) is 1. The van der Waals surface area contributed by atoms with Gasteiger partial charge in [0.1, 0.15) is 0 Å². The lowest BCUT2D eigenvalue weighted by Crippen LogP contribution is -2.22. The van der Waals surface area contributed by atoms with Crippen molar-refractivity contribution in [1.82, 2.24) is 4.72 Å². The molecular weight excluding hydrogens is 166 g/mol. The fraction of sp³-hybridized carbons (Fsp3) is 1.00. The predicted molar refractivity (Wildman–Crippen MR) is 41.8 cm³/mol. The summed E-state index contributed by atoms with van der Waals surface area (Å²) in [5, 5.41) is 0. The molecule has 0 atom stereocenters. The predicted octanol–water partition coefficient (Wildman–Crippen LogP) is 0.832. The zero-order valence-corrected chi connectivity index (χ0v) is 7.49. The van der Waals surface area contributed by atoms with Gasteiger partial charge in [-0.05, 0) is 6.42 Å². The maximum atomic E-state index is 10.00. The number of hydrogen-bond acceptors (Lipinski definition) is 2. The van der Waals surface area contributed by atoms with Crippen molar-refractivity contribution >= 4 is 10.3 Å². The Kier molecular flexibility index (Phi) is 5.45. The van der Waals surface area contributed by atoms with Crippen molar-refractivity contribution in [3.05, 3.63) is 0 Å². The fourth-order valence-electron chi connectivity index (χ4n) is 0.749. The second kappa shape index (κ2) is 5.51. The Bertz CT molecular complexity index is 176. The van der Waals surface area contributed by atoms with Crippen LogP contribution in [0.4, 0.5) is 0 Å². The lowest BCUT2D eigenvalue weighted by molar-refractivity contribution is 0.400. The Morgan fingerprint density at radius 1 is 1.18 bits per heavy atom. The van der Waals surface area contributed by atoms with Gasteiger partial charge in [0.25, 0.3) is 0 Å². The zero-order valence-electron chi connectivity index (χ0n) is 6.67. The second-order valence-electron chi connectivity index (χ2n) is 2.41.